The second kappa shape index (κ2) is 6.64. The molecule has 2 aromatic rings. The summed E-state index contributed by atoms with van der Waals surface area (Å²) in [5.41, 5.74) is 4.05. The molecule has 0 radical (unpaired) electrons. The van der Waals surface area contributed by atoms with E-state index in [1.807, 2.05) is 66.7 Å². The zero-order valence-electron chi connectivity index (χ0n) is 13.0. The van der Waals surface area contributed by atoms with Crippen molar-refractivity contribution in [1.29, 1.82) is 10.5 Å². The van der Waals surface area contributed by atoms with E-state index in [1.165, 1.54) is 0 Å². The summed E-state index contributed by atoms with van der Waals surface area (Å²) in [4.78, 5) is 4.67. The predicted molar refractivity (Wildman–Crippen MR) is 92.9 cm³/mol. The zero-order valence-corrected chi connectivity index (χ0v) is 13.0. The summed E-state index contributed by atoms with van der Waals surface area (Å²) in [7, 11) is 1.62. The van der Waals surface area contributed by atoms with Gasteiger partial charge >= 0.3 is 0 Å². The molecule has 1 aliphatic rings. The third-order valence-electron chi connectivity index (χ3n) is 3.72. The Bertz CT molecular complexity index is 936. The normalized spacial score (nSPS) is 13.8. The maximum absolute atomic E-state index is 9.15. The quantitative estimate of drug-likeness (QED) is 0.781. The average molecular weight is 311 g/mol. The molecule has 0 heterocycles. The van der Waals surface area contributed by atoms with Crippen molar-refractivity contribution in [2.24, 2.45) is 4.99 Å². The molecule has 24 heavy (non-hydrogen) atoms. The lowest BCUT2D eigenvalue weighted by atomic mass is 9.89. The van der Waals surface area contributed by atoms with E-state index < -0.39 is 0 Å². The van der Waals surface area contributed by atoms with Gasteiger partial charge in [-0.1, -0.05) is 30.3 Å². The molecule has 4 nitrogen and oxygen atoms in total. The van der Waals surface area contributed by atoms with Gasteiger partial charge in [0, 0.05) is 11.1 Å². The molecule has 0 bridgehead atoms. The highest BCUT2D eigenvalue weighted by atomic mass is 16.5. The molecule has 0 aromatic heterocycles. The van der Waals surface area contributed by atoms with Crippen molar-refractivity contribution in [3.8, 4) is 17.9 Å². The highest BCUT2D eigenvalue weighted by molar-refractivity contribution is 6.17. The number of fused-ring (bicyclic) bond motifs is 1. The summed E-state index contributed by atoms with van der Waals surface area (Å²) in [5.74, 6) is 0.774. The summed E-state index contributed by atoms with van der Waals surface area (Å²) in [6, 6.07) is 19.0. The summed E-state index contributed by atoms with van der Waals surface area (Å²) in [6.07, 6.45) is 3.60. The fraction of sp³-hybridized carbons (Fsp3) is 0.0500. The molecule has 0 spiro atoms. The Hall–Kier alpha value is -3.63. The first-order valence-corrected chi connectivity index (χ1v) is 7.32. The minimum Gasteiger partial charge on any atom is -0.497 e. The molecular formula is C20H13N3O. The van der Waals surface area contributed by atoms with Gasteiger partial charge in [0.25, 0.3) is 0 Å². The van der Waals surface area contributed by atoms with Crippen molar-refractivity contribution < 1.29 is 4.74 Å². The Morgan fingerprint density at radius 1 is 0.917 bits per heavy atom. The maximum atomic E-state index is 9.15. The van der Waals surface area contributed by atoms with Gasteiger partial charge in [-0.15, -0.1) is 0 Å². The van der Waals surface area contributed by atoms with E-state index in [9.17, 15) is 0 Å². The molecule has 0 amide bonds. The van der Waals surface area contributed by atoms with Gasteiger partial charge in [0.05, 0.1) is 18.5 Å². The first kappa shape index (κ1) is 15.3. The summed E-state index contributed by atoms with van der Waals surface area (Å²) < 4.78 is 5.15. The number of benzene rings is 2. The van der Waals surface area contributed by atoms with Crippen molar-refractivity contribution in [2.45, 2.75) is 0 Å². The van der Waals surface area contributed by atoms with Gasteiger partial charge < -0.3 is 4.74 Å². The van der Waals surface area contributed by atoms with Gasteiger partial charge in [0.2, 0.25) is 0 Å². The van der Waals surface area contributed by atoms with Crippen LogP contribution in [-0.4, -0.2) is 12.8 Å². The van der Waals surface area contributed by atoms with E-state index in [-0.39, 0.29) is 5.57 Å². The molecule has 114 valence electrons. The van der Waals surface area contributed by atoms with Crippen LogP contribution in [0.25, 0.3) is 5.57 Å². The van der Waals surface area contributed by atoms with Gasteiger partial charge in [0.1, 0.15) is 23.5 Å². The fourth-order valence-electron chi connectivity index (χ4n) is 2.54. The van der Waals surface area contributed by atoms with Crippen molar-refractivity contribution in [2.75, 3.05) is 7.11 Å². The first-order chi connectivity index (χ1) is 11.8. The van der Waals surface area contributed by atoms with E-state index in [0.29, 0.717) is 5.57 Å². The van der Waals surface area contributed by atoms with Crippen molar-refractivity contribution >= 4 is 17.0 Å². The Labute approximate surface area is 140 Å². The number of allylic oxidation sites excluding steroid dienone is 4. The van der Waals surface area contributed by atoms with Gasteiger partial charge in [-0.2, -0.15) is 10.5 Å². The number of hydrogen-bond acceptors (Lipinski definition) is 4. The summed E-state index contributed by atoms with van der Waals surface area (Å²) in [5, 5.41) is 18.3. The molecule has 1 aliphatic carbocycles. The van der Waals surface area contributed by atoms with Crippen molar-refractivity contribution in [3.63, 3.8) is 0 Å². The van der Waals surface area contributed by atoms with E-state index in [2.05, 4.69) is 4.99 Å². The maximum Gasteiger partial charge on any atom is 0.137 e. The monoisotopic (exact) mass is 311 g/mol. The van der Waals surface area contributed by atoms with Crippen LogP contribution in [0.5, 0.6) is 5.75 Å². The third-order valence-corrected chi connectivity index (χ3v) is 3.72. The SMILES string of the molecule is COc1ccc(N=C2C=CC(=C(C#N)C#N)c3ccccc32)cc1. The van der Waals surface area contributed by atoms with Crippen LogP contribution in [0.15, 0.2) is 71.2 Å². The van der Waals surface area contributed by atoms with Gasteiger partial charge in [0.15, 0.2) is 0 Å². The number of nitriles is 2. The Morgan fingerprint density at radius 2 is 1.58 bits per heavy atom. The van der Waals surface area contributed by atoms with Crippen LogP contribution in [0.1, 0.15) is 11.1 Å². The van der Waals surface area contributed by atoms with Crippen LogP contribution in [0.3, 0.4) is 0 Å². The molecule has 0 atom stereocenters. The van der Waals surface area contributed by atoms with Crippen LogP contribution < -0.4 is 4.74 Å². The minimum atomic E-state index is 0.0993. The molecule has 3 rings (SSSR count). The van der Waals surface area contributed by atoms with Crippen LogP contribution in [-0.2, 0) is 0 Å². The van der Waals surface area contributed by atoms with Crippen molar-refractivity contribution in [1.82, 2.24) is 0 Å². The smallest absolute Gasteiger partial charge is 0.137 e. The molecule has 0 N–H and O–H groups in total. The van der Waals surface area contributed by atoms with Gasteiger partial charge in [-0.05, 0) is 35.9 Å². The lowest BCUT2D eigenvalue weighted by molar-refractivity contribution is 0.415. The highest BCUT2D eigenvalue weighted by Gasteiger charge is 2.17. The Balaban J connectivity index is 2.11. The fourth-order valence-corrected chi connectivity index (χ4v) is 2.54. The number of hydrogen-bond donors (Lipinski definition) is 0. The Morgan fingerprint density at radius 3 is 2.21 bits per heavy atom. The molecular weight excluding hydrogens is 298 g/mol. The second-order valence-electron chi connectivity index (χ2n) is 5.09. The standard InChI is InChI=1S/C20H13N3O/c1-24-16-8-6-15(7-9-16)23-20-11-10-17(14(12-21)13-22)18-4-2-3-5-19(18)20/h2-11H,1H3. The number of rotatable bonds is 2. The number of methoxy groups -OCH3 is 1. The molecule has 0 unspecified atom stereocenters. The number of aliphatic imine (C=N–C) groups is 1. The lowest BCUT2D eigenvalue weighted by Gasteiger charge is -2.15. The average Bonchev–Trinajstić information content (AvgIpc) is 2.65. The first-order valence-electron chi connectivity index (χ1n) is 7.32. The van der Waals surface area contributed by atoms with E-state index in [4.69, 9.17) is 15.3 Å². The molecule has 0 fully saturated rings. The van der Waals surface area contributed by atoms with Crippen molar-refractivity contribution in [3.05, 3.63) is 77.4 Å². The van der Waals surface area contributed by atoms with Crippen LogP contribution in [0.2, 0.25) is 0 Å². The Kier molecular flexibility index (Phi) is 4.23. The summed E-state index contributed by atoms with van der Waals surface area (Å²) in [6.45, 7) is 0. The molecule has 0 saturated heterocycles. The molecule has 0 aliphatic heterocycles. The third kappa shape index (κ3) is 2.82. The largest absolute Gasteiger partial charge is 0.497 e. The summed E-state index contributed by atoms with van der Waals surface area (Å²) >= 11 is 0. The predicted octanol–water partition coefficient (Wildman–Crippen LogP) is 4.19. The number of nitrogens with zero attached hydrogens (tertiary/aromatic N) is 3. The molecule has 2 aromatic carbocycles. The van der Waals surface area contributed by atoms with Crippen LogP contribution in [0, 0.1) is 22.7 Å². The van der Waals surface area contributed by atoms with Crippen LogP contribution >= 0.6 is 0 Å². The minimum absolute atomic E-state index is 0.0993. The number of ether oxygens (including phenoxy) is 1. The second-order valence-corrected chi connectivity index (χ2v) is 5.09. The van der Waals surface area contributed by atoms with E-state index in [0.717, 1.165) is 28.3 Å². The molecule has 0 saturated carbocycles. The van der Waals surface area contributed by atoms with Crippen LogP contribution in [0.4, 0.5) is 5.69 Å². The topological polar surface area (TPSA) is 69.2 Å². The molecule has 4 heteroatoms. The highest BCUT2D eigenvalue weighted by Crippen LogP contribution is 2.30. The van der Waals surface area contributed by atoms with E-state index >= 15 is 0 Å². The van der Waals surface area contributed by atoms with E-state index in [1.54, 1.807) is 13.2 Å². The zero-order chi connectivity index (χ0) is 16.9. The van der Waals surface area contributed by atoms with Gasteiger partial charge in [-0.3, -0.25) is 0 Å². The lowest BCUT2D eigenvalue weighted by Crippen LogP contribution is -2.07. The van der Waals surface area contributed by atoms with Gasteiger partial charge in [-0.25, -0.2) is 4.99 Å².